The lowest BCUT2D eigenvalue weighted by Gasteiger charge is -2.36. The number of carbonyl (C=O) groups is 1. The van der Waals surface area contributed by atoms with E-state index in [-0.39, 0.29) is 17.4 Å². The third-order valence-electron chi connectivity index (χ3n) is 4.69. The average molecular weight is 366 g/mol. The maximum atomic E-state index is 12.4. The largest absolute Gasteiger partial charge is 0.414 e. The third-order valence-corrected chi connectivity index (χ3v) is 9.19. The molecule has 1 N–H and O–H groups in total. The molecule has 2 atom stereocenters. The van der Waals surface area contributed by atoms with Crippen molar-refractivity contribution in [3.8, 4) is 0 Å². The van der Waals surface area contributed by atoms with Crippen molar-refractivity contribution in [3.05, 3.63) is 38.6 Å². The molecule has 1 aromatic rings. The molecule has 0 unspecified atom stereocenters. The molecular formula is C15H22N4O5Si. The summed E-state index contributed by atoms with van der Waals surface area (Å²) in [5.74, 6) is -0.652. The highest BCUT2D eigenvalue weighted by molar-refractivity contribution is 6.74. The van der Waals surface area contributed by atoms with Crippen molar-refractivity contribution in [1.29, 1.82) is 0 Å². The number of Topliss-reactive ketones (excluding diaryl/α,β-unsaturated/α-hetero) is 1. The molecule has 0 aromatic carbocycles. The fourth-order valence-electron chi connectivity index (χ4n) is 2.10. The molecule has 10 heteroatoms. The first-order valence-electron chi connectivity index (χ1n) is 7.85. The minimum atomic E-state index is -2.10. The van der Waals surface area contributed by atoms with Crippen LogP contribution in [-0.2, 0) is 14.0 Å². The zero-order valence-electron chi connectivity index (χ0n) is 14.9. The van der Waals surface area contributed by atoms with E-state index in [1.807, 2.05) is 13.1 Å². The lowest BCUT2D eigenvalue weighted by atomic mass is 10.2. The zero-order chi connectivity index (χ0) is 19.0. The van der Waals surface area contributed by atoms with Gasteiger partial charge in [-0.1, -0.05) is 20.8 Å². The van der Waals surface area contributed by atoms with E-state index in [9.17, 15) is 19.9 Å². The molecule has 2 heterocycles. The number of aromatic amines is 1. The predicted octanol–water partition coefficient (Wildman–Crippen LogP) is 0.696. The molecule has 0 bridgehead atoms. The number of carbonyl (C=O) groups excluding carboxylic acids is 1. The first kappa shape index (κ1) is 19.2. The second kappa shape index (κ2) is 6.64. The minimum Gasteiger partial charge on any atom is -0.414 e. The molecule has 0 amide bonds. The van der Waals surface area contributed by atoms with Gasteiger partial charge >= 0.3 is 11.4 Å². The molecule has 25 heavy (non-hydrogen) atoms. The highest BCUT2D eigenvalue weighted by atomic mass is 28.4. The quantitative estimate of drug-likeness (QED) is 0.476. The van der Waals surface area contributed by atoms with Crippen LogP contribution in [0.1, 0.15) is 27.0 Å². The van der Waals surface area contributed by atoms with E-state index in [1.165, 1.54) is 0 Å². The smallest absolute Gasteiger partial charge is 0.370 e. The topological polar surface area (TPSA) is 127 Å². The summed E-state index contributed by atoms with van der Waals surface area (Å²) >= 11 is 0. The Balaban J connectivity index is 2.25. The van der Waals surface area contributed by atoms with Gasteiger partial charge in [-0.2, -0.15) is 4.79 Å². The number of ketones is 1. The van der Waals surface area contributed by atoms with Gasteiger partial charge in [0.25, 0.3) is 11.3 Å². The summed E-state index contributed by atoms with van der Waals surface area (Å²) in [7, 11) is -2.10. The van der Waals surface area contributed by atoms with Crippen molar-refractivity contribution in [2.45, 2.75) is 51.2 Å². The molecule has 1 aliphatic heterocycles. The number of nitrogens with zero attached hydrogens (tertiary/aromatic N) is 3. The molecular weight excluding hydrogens is 344 g/mol. The fourth-order valence-corrected chi connectivity index (χ4v) is 3.10. The van der Waals surface area contributed by atoms with Gasteiger partial charge in [0.1, 0.15) is 0 Å². The van der Waals surface area contributed by atoms with Crippen LogP contribution in [0.25, 0.3) is 5.53 Å². The SMILES string of the molecule is CC(C)(C)[Si](C)(C)OC[C@@H]1O[C@H](n2ccc(=O)[nH]c2=O)C(=O)C1=[N+]=[N-]. The van der Waals surface area contributed by atoms with Gasteiger partial charge in [-0.15, -0.1) is 0 Å². The van der Waals surface area contributed by atoms with Gasteiger partial charge in [0.05, 0.1) is 6.61 Å². The van der Waals surface area contributed by atoms with Crippen LogP contribution in [-0.4, -0.2) is 46.9 Å². The second-order valence-electron chi connectivity index (χ2n) is 7.42. The molecule has 136 valence electrons. The van der Waals surface area contributed by atoms with E-state index in [0.29, 0.717) is 0 Å². The molecule has 1 saturated heterocycles. The predicted molar refractivity (Wildman–Crippen MR) is 92.0 cm³/mol. The first-order valence-corrected chi connectivity index (χ1v) is 10.8. The van der Waals surface area contributed by atoms with Crippen LogP contribution in [0, 0.1) is 0 Å². The van der Waals surface area contributed by atoms with Crippen LogP contribution in [0.2, 0.25) is 18.1 Å². The van der Waals surface area contributed by atoms with Crippen molar-refractivity contribution in [1.82, 2.24) is 9.55 Å². The standard InChI is InChI=1S/C15H22N4O5Si/c1-15(2,3)25(4,5)23-8-9-11(18-16)12(21)13(24-9)19-7-6-10(20)17-14(19)22/h6-7,9,13H,8H2,1-5H3,(H,17,20,22)/t9-,13-/m0/s1. The van der Waals surface area contributed by atoms with Crippen molar-refractivity contribution >= 4 is 19.8 Å². The number of hydrogen-bond donors (Lipinski definition) is 1. The van der Waals surface area contributed by atoms with Crippen molar-refractivity contribution in [2.75, 3.05) is 6.61 Å². The van der Waals surface area contributed by atoms with E-state index in [2.05, 4.69) is 30.5 Å². The number of aromatic nitrogens is 2. The maximum Gasteiger partial charge on any atom is 0.370 e. The van der Waals surface area contributed by atoms with E-state index >= 15 is 0 Å². The van der Waals surface area contributed by atoms with E-state index in [0.717, 1.165) is 16.8 Å². The lowest BCUT2D eigenvalue weighted by molar-refractivity contribution is -0.127. The number of nitrogens with one attached hydrogen (secondary N) is 1. The van der Waals surface area contributed by atoms with E-state index < -0.39 is 37.7 Å². The van der Waals surface area contributed by atoms with Crippen LogP contribution >= 0.6 is 0 Å². The zero-order valence-corrected chi connectivity index (χ0v) is 15.9. The molecule has 0 spiro atoms. The van der Waals surface area contributed by atoms with Crippen molar-refractivity contribution < 1.29 is 18.7 Å². The Bertz CT molecular complexity index is 844. The summed E-state index contributed by atoms with van der Waals surface area (Å²) in [5.41, 5.74) is 7.60. The van der Waals surface area contributed by atoms with Gasteiger partial charge in [-0.05, 0) is 18.1 Å². The Morgan fingerprint density at radius 2 is 2.00 bits per heavy atom. The number of hydrogen-bond acceptors (Lipinski definition) is 5. The summed E-state index contributed by atoms with van der Waals surface area (Å²) in [6, 6.07) is 1.10. The molecule has 1 aliphatic rings. The summed E-state index contributed by atoms with van der Waals surface area (Å²) in [5, 5.41) is -0.0403. The molecule has 1 fully saturated rings. The van der Waals surface area contributed by atoms with E-state index in [1.54, 1.807) is 0 Å². The Hall–Kier alpha value is -2.13. The molecule has 0 radical (unpaired) electrons. The van der Waals surface area contributed by atoms with Crippen LogP contribution in [0.5, 0.6) is 0 Å². The Labute approximate surface area is 145 Å². The highest BCUT2D eigenvalue weighted by Gasteiger charge is 2.49. The summed E-state index contributed by atoms with van der Waals surface area (Å²) in [4.78, 5) is 40.5. The van der Waals surface area contributed by atoms with Crippen LogP contribution in [0.4, 0.5) is 0 Å². The Morgan fingerprint density at radius 3 is 2.52 bits per heavy atom. The molecule has 2 rings (SSSR count). The summed E-state index contributed by atoms with van der Waals surface area (Å²) < 4.78 is 12.6. The van der Waals surface area contributed by atoms with Gasteiger partial charge < -0.3 is 14.7 Å². The number of rotatable bonds is 4. The third kappa shape index (κ3) is 3.77. The maximum absolute atomic E-state index is 12.4. The van der Waals surface area contributed by atoms with Gasteiger partial charge in [0.2, 0.25) is 6.23 Å². The molecule has 0 aliphatic carbocycles. The van der Waals surface area contributed by atoms with Crippen LogP contribution in [0.3, 0.4) is 0 Å². The second-order valence-corrected chi connectivity index (χ2v) is 12.2. The normalized spacial score (nSPS) is 21.5. The van der Waals surface area contributed by atoms with Gasteiger partial charge in [-0.3, -0.25) is 19.1 Å². The van der Waals surface area contributed by atoms with E-state index in [4.69, 9.17) is 9.16 Å². The first-order chi connectivity index (χ1) is 11.5. The molecule has 0 saturated carbocycles. The Morgan fingerprint density at radius 1 is 1.36 bits per heavy atom. The monoisotopic (exact) mass is 366 g/mol. The van der Waals surface area contributed by atoms with Crippen LogP contribution in [0.15, 0.2) is 21.9 Å². The van der Waals surface area contributed by atoms with Gasteiger partial charge in [0.15, 0.2) is 14.4 Å². The molecule has 1 aromatic heterocycles. The number of H-pyrrole nitrogens is 1. The van der Waals surface area contributed by atoms with Crippen molar-refractivity contribution in [2.24, 2.45) is 0 Å². The molecule has 9 nitrogen and oxygen atoms in total. The van der Waals surface area contributed by atoms with Gasteiger partial charge in [0, 0.05) is 12.3 Å². The van der Waals surface area contributed by atoms with Crippen molar-refractivity contribution in [3.63, 3.8) is 0 Å². The average Bonchev–Trinajstić information content (AvgIpc) is 2.80. The van der Waals surface area contributed by atoms with Gasteiger partial charge in [-0.25, -0.2) is 4.79 Å². The number of ether oxygens (including phenoxy) is 1. The Kier molecular flexibility index (Phi) is 5.10. The highest BCUT2D eigenvalue weighted by Crippen LogP contribution is 2.37. The lowest BCUT2D eigenvalue weighted by Crippen LogP contribution is -2.43. The fraction of sp³-hybridized carbons (Fsp3) is 0.600. The summed E-state index contributed by atoms with van der Waals surface area (Å²) in [6.45, 7) is 10.3. The minimum absolute atomic E-state index is 0.0379. The van der Waals surface area contributed by atoms with Crippen LogP contribution < -0.4 is 11.2 Å². The summed E-state index contributed by atoms with van der Waals surface area (Å²) in [6.07, 6.45) is -1.03.